The SMILES string of the molecule is Cc1nn(C(C)C)cc1CNCCN1CCOCC1.Cl.Cl. The third-order valence-electron chi connectivity index (χ3n) is 3.57. The highest BCUT2D eigenvalue weighted by atomic mass is 35.5. The third-order valence-corrected chi connectivity index (χ3v) is 3.57. The lowest BCUT2D eigenvalue weighted by Crippen LogP contribution is -2.40. The van der Waals surface area contributed by atoms with Gasteiger partial charge in [0.15, 0.2) is 0 Å². The molecule has 0 bridgehead atoms. The van der Waals surface area contributed by atoms with E-state index in [9.17, 15) is 0 Å². The molecule has 0 aliphatic carbocycles. The zero-order chi connectivity index (χ0) is 13.7. The first-order valence-electron chi connectivity index (χ1n) is 7.22. The average molecular weight is 339 g/mol. The van der Waals surface area contributed by atoms with Crippen LogP contribution in [0.2, 0.25) is 0 Å². The quantitative estimate of drug-likeness (QED) is 0.806. The van der Waals surface area contributed by atoms with Crippen LogP contribution < -0.4 is 5.32 Å². The maximum atomic E-state index is 5.34. The van der Waals surface area contributed by atoms with E-state index >= 15 is 0 Å². The molecule has 0 unspecified atom stereocenters. The maximum Gasteiger partial charge on any atom is 0.0638 e. The van der Waals surface area contributed by atoms with Crippen molar-refractivity contribution in [1.82, 2.24) is 20.0 Å². The van der Waals surface area contributed by atoms with Crippen LogP contribution in [0.3, 0.4) is 0 Å². The van der Waals surface area contributed by atoms with Gasteiger partial charge in [-0.1, -0.05) is 0 Å². The molecule has 0 radical (unpaired) electrons. The number of morpholine rings is 1. The molecule has 7 heteroatoms. The second-order valence-corrected chi connectivity index (χ2v) is 5.44. The van der Waals surface area contributed by atoms with Crippen molar-refractivity contribution in [3.8, 4) is 0 Å². The van der Waals surface area contributed by atoms with E-state index in [0.717, 1.165) is 51.6 Å². The van der Waals surface area contributed by atoms with E-state index in [2.05, 4.69) is 42.3 Å². The topological polar surface area (TPSA) is 42.3 Å². The fraction of sp³-hybridized carbons (Fsp3) is 0.786. The van der Waals surface area contributed by atoms with E-state index in [0.29, 0.717) is 6.04 Å². The Hall–Kier alpha value is -0.330. The Balaban J connectivity index is 0.00000200. The number of aromatic nitrogens is 2. The number of nitrogens with one attached hydrogen (secondary N) is 1. The zero-order valence-electron chi connectivity index (χ0n) is 13.2. The minimum Gasteiger partial charge on any atom is -0.379 e. The van der Waals surface area contributed by atoms with E-state index < -0.39 is 0 Å². The minimum absolute atomic E-state index is 0. The Kier molecular flexibility index (Phi) is 10.2. The number of hydrogen-bond acceptors (Lipinski definition) is 4. The Bertz CT molecular complexity index is 392. The molecule has 0 saturated carbocycles. The number of nitrogens with zero attached hydrogens (tertiary/aromatic N) is 3. The summed E-state index contributed by atoms with van der Waals surface area (Å²) in [6.07, 6.45) is 2.15. The summed E-state index contributed by atoms with van der Waals surface area (Å²) in [6.45, 7) is 13.3. The number of hydrogen-bond donors (Lipinski definition) is 1. The molecule has 1 fully saturated rings. The lowest BCUT2D eigenvalue weighted by atomic mass is 10.2. The smallest absolute Gasteiger partial charge is 0.0638 e. The van der Waals surface area contributed by atoms with Gasteiger partial charge in [0.25, 0.3) is 0 Å². The van der Waals surface area contributed by atoms with Gasteiger partial charge in [0.05, 0.1) is 18.9 Å². The van der Waals surface area contributed by atoms with Crippen LogP contribution in [0.15, 0.2) is 6.20 Å². The van der Waals surface area contributed by atoms with Gasteiger partial charge in [0.1, 0.15) is 0 Å². The molecule has 0 atom stereocenters. The second-order valence-electron chi connectivity index (χ2n) is 5.44. The van der Waals surface area contributed by atoms with E-state index in [1.807, 2.05) is 4.68 Å². The van der Waals surface area contributed by atoms with Gasteiger partial charge in [0.2, 0.25) is 0 Å². The van der Waals surface area contributed by atoms with Gasteiger partial charge >= 0.3 is 0 Å². The average Bonchev–Trinajstić information content (AvgIpc) is 2.78. The summed E-state index contributed by atoms with van der Waals surface area (Å²) in [5.41, 5.74) is 2.43. The molecule has 1 saturated heterocycles. The molecule has 2 rings (SSSR count). The molecule has 1 aliphatic heterocycles. The lowest BCUT2D eigenvalue weighted by Gasteiger charge is -2.26. The lowest BCUT2D eigenvalue weighted by molar-refractivity contribution is 0.0384. The molecule has 0 spiro atoms. The molecule has 1 aromatic heterocycles. The van der Waals surface area contributed by atoms with Crippen molar-refractivity contribution >= 4 is 24.8 Å². The molecule has 21 heavy (non-hydrogen) atoms. The van der Waals surface area contributed by atoms with Crippen LogP contribution in [-0.2, 0) is 11.3 Å². The van der Waals surface area contributed by atoms with E-state index in [4.69, 9.17) is 4.74 Å². The molecule has 0 aromatic carbocycles. The first-order valence-corrected chi connectivity index (χ1v) is 7.22. The first-order chi connectivity index (χ1) is 9.16. The second kappa shape index (κ2) is 10.4. The highest BCUT2D eigenvalue weighted by Gasteiger charge is 2.10. The predicted molar refractivity (Wildman–Crippen MR) is 90.8 cm³/mol. The number of aryl methyl sites for hydroxylation is 1. The van der Waals surface area contributed by atoms with Crippen molar-refractivity contribution in [1.29, 1.82) is 0 Å². The Morgan fingerprint density at radius 2 is 1.95 bits per heavy atom. The first kappa shape index (κ1) is 20.7. The van der Waals surface area contributed by atoms with Gasteiger partial charge in [-0.15, -0.1) is 24.8 Å². The zero-order valence-corrected chi connectivity index (χ0v) is 14.8. The molecule has 1 aliphatic rings. The van der Waals surface area contributed by atoms with Crippen LogP contribution >= 0.6 is 24.8 Å². The molecule has 2 heterocycles. The summed E-state index contributed by atoms with van der Waals surface area (Å²) in [6, 6.07) is 0.431. The monoisotopic (exact) mass is 338 g/mol. The molecule has 1 N–H and O–H groups in total. The van der Waals surface area contributed by atoms with Crippen molar-refractivity contribution in [2.75, 3.05) is 39.4 Å². The highest BCUT2D eigenvalue weighted by Crippen LogP contribution is 2.10. The van der Waals surface area contributed by atoms with Crippen LogP contribution in [0.25, 0.3) is 0 Å². The van der Waals surface area contributed by atoms with Gasteiger partial charge in [-0.25, -0.2) is 0 Å². The number of ether oxygens (including phenoxy) is 1. The van der Waals surface area contributed by atoms with Crippen LogP contribution in [0.4, 0.5) is 0 Å². The maximum absolute atomic E-state index is 5.34. The van der Waals surface area contributed by atoms with Crippen LogP contribution in [0.1, 0.15) is 31.1 Å². The summed E-state index contributed by atoms with van der Waals surface area (Å²) in [5, 5.41) is 8.03. The summed E-state index contributed by atoms with van der Waals surface area (Å²) in [7, 11) is 0. The molecular formula is C14H28Cl2N4O. The highest BCUT2D eigenvalue weighted by molar-refractivity contribution is 5.85. The molecule has 5 nitrogen and oxygen atoms in total. The van der Waals surface area contributed by atoms with Gasteiger partial charge in [-0.3, -0.25) is 9.58 Å². The van der Waals surface area contributed by atoms with Gasteiger partial charge in [-0.05, 0) is 20.8 Å². The van der Waals surface area contributed by atoms with Gasteiger partial charge < -0.3 is 10.1 Å². The summed E-state index contributed by atoms with van der Waals surface area (Å²) < 4.78 is 7.38. The van der Waals surface area contributed by atoms with Crippen LogP contribution in [-0.4, -0.2) is 54.1 Å². The largest absolute Gasteiger partial charge is 0.379 e. The molecule has 1 aromatic rings. The van der Waals surface area contributed by atoms with Crippen LogP contribution in [0.5, 0.6) is 0 Å². The summed E-state index contributed by atoms with van der Waals surface area (Å²) in [5.74, 6) is 0. The normalized spacial score (nSPS) is 15.6. The Morgan fingerprint density at radius 3 is 2.52 bits per heavy atom. The van der Waals surface area contributed by atoms with Crippen LogP contribution in [0, 0.1) is 6.92 Å². The standard InChI is InChI=1S/C14H26N4O.2ClH/c1-12(2)18-11-14(13(3)16-18)10-15-4-5-17-6-8-19-9-7-17;;/h11-12,15H,4-10H2,1-3H3;2*1H. The Morgan fingerprint density at radius 1 is 1.29 bits per heavy atom. The van der Waals surface area contributed by atoms with E-state index in [1.165, 1.54) is 5.56 Å². The predicted octanol–water partition coefficient (Wildman–Crippen LogP) is 2.04. The van der Waals surface area contributed by atoms with Crippen molar-refractivity contribution in [3.05, 3.63) is 17.5 Å². The van der Waals surface area contributed by atoms with E-state index in [1.54, 1.807) is 0 Å². The molecule has 0 amide bonds. The van der Waals surface area contributed by atoms with Crippen molar-refractivity contribution in [2.24, 2.45) is 0 Å². The molecule has 124 valence electrons. The molecular weight excluding hydrogens is 311 g/mol. The Labute approximate surface area is 140 Å². The summed E-state index contributed by atoms with van der Waals surface area (Å²) >= 11 is 0. The minimum atomic E-state index is 0. The fourth-order valence-electron chi connectivity index (χ4n) is 2.24. The van der Waals surface area contributed by atoms with Gasteiger partial charge in [-0.2, -0.15) is 5.10 Å². The van der Waals surface area contributed by atoms with Gasteiger partial charge in [0, 0.05) is 50.5 Å². The van der Waals surface area contributed by atoms with E-state index in [-0.39, 0.29) is 24.8 Å². The van der Waals surface area contributed by atoms with Crippen molar-refractivity contribution in [3.63, 3.8) is 0 Å². The number of rotatable bonds is 6. The van der Waals surface area contributed by atoms with Crippen molar-refractivity contribution < 1.29 is 4.74 Å². The van der Waals surface area contributed by atoms with Crippen molar-refractivity contribution in [2.45, 2.75) is 33.4 Å². The summed E-state index contributed by atoms with van der Waals surface area (Å²) in [4.78, 5) is 2.45. The fourth-order valence-corrected chi connectivity index (χ4v) is 2.24. The number of halogens is 2. The third kappa shape index (κ3) is 6.53.